The fourth-order valence-electron chi connectivity index (χ4n) is 3.63. The number of furan rings is 1. The molecular weight excluding hydrogens is 378 g/mol. The lowest BCUT2D eigenvalue weighted by molar-refractivity contribution is -0.134. The summed E-state index contributed by atoms with van der Waals surface area (Å²) in [6, 6.07) is 12.9. The minimum absolute atomic E-state index is 0.108. The Morgan fingerprint density at radius 1 is 1.10 bits per heavy atom. The molecule has 6 nitrogen and oxygen atoms in total. The summed E-state index contributed by atoms with van der Waals surface area (Å²) < 4.78 is 5.44. The van der Waals surface area contributed by atoms with Crippen molar-refractivity contribution in [1.82, 2.24) is 15.6 Å². The molecule has 0 atom stereocenters. The molecule has 2 N–H and O–H groups in total. The van der Waals surface area contributed by atoms with Gasteiger partial charge in [-0.05, 0) is 37.1 Å². The highest BCUT2D eigenvalue weighted by molar-refractivity contribution is 6.07. The van der Waals surface area contributed by atoms with Crippen LogP contribution in [0.3, 0.4) is 0 Å². The van der Waals surface area contributed by atoms with Crippen LogP contribution in [-0.4, -0.2) is 29.9 Å². The molecule has 2 aromatic heterocycles. The van der Waals surface area contributed by atoms with E-state index in [2.05, 4.69) is 15.6 Å². The number of fused-ring (bicyclic) bond motifs is 1. The summed E-state index contributed by atoms with van der Waals surface area (Å²) in [5.74, 6) is 0.541. The van der Waals surface area contributed by atoms with Crippen molar-refractivity contribution in [3.05, 3.63) is 66.4 Å². The fraction of sp³-hybridized carbons (Fsp3) is 0.292. The number of benzene rings is 1. The number of carbonyl (C=O) groups excluding carboxylic acids is 2. The Labute approximate surface area is 175 Å². The molecule has 4 rings (SSSR count). The highest BCUT2D eigenvalue weighted by atomic mass is 16.3. The molecule has 6 heteroatoms. The molecule has 1 aliphatic rings. The highest BCUT2D eigenvalue weighted by Gasteiger charge is 2.38. The molecule has 1 fully saturated rings. The van der Waals surface area contributed by atoms with Crippen LogP contribution in [0.15, 0.2) is 65.3 Å². The number of nitrogens with zero attached hydrogens (tertiary/aromatic N) is 1. The second-order valence-corrected chi connectivity index (χ2v) is 7.86. The summed E-state index contributed by atoms with van der Waals surface area (Å²) in [5, 5.41) is 6.63. The third-order valence-corrected chi connectivity index (χ3v) is 5.67. The largest absolute Gasteiger partial charge is 0.463 e. The van der Waals surface area contributed by atoms with Crippen LogP contribution >= 0.6 is 0 Å². The van der Waals surface area contributed by atoms with Crippen molar-refractivity contribution in [2.24, 2.45) is 5.41 Å². The van der Waals surface area contributed by atoms with Gasteiger partial charge in [0.15, 0.2) is 5.76 Å². The van der Waals surface area contributed by atoms with Gasteiger partial charge in [-0.1, -0.05) is 43.7 Å². The Morgan fingerprint density at radius 2 is 1.87 bits per heavy atom. The molecule has 0 spiro atoms. The van der Waals surface area contributed by atoms with Crippen molar-refractivity contribution in [3.8, 4) is 11.5 Å². The van der Waals surface area contributed by atoms with Crippen LogP contribution < -0.4 is 10.6 Å². The van der Waals surface area contributed by atoms with E-state index in [1.807, 2.05) is 49.4 Å². The average Bonchev–Trinajstić information content (AvgIpc) is 3.28. The standard InChI is InChI=1S/C24H25N3O3/c1-24(11-7-12-24)23(29)26-14-5-4-13-25-22(28)18-16-20(21-10-6-15-30-21)27-19-9-3-2-8-17(18)19/h2-6,8-10,15-16H,7,11-14H2,1H3,(H,25,28)(H,26,29)/b5-4-. The maximum absolute atomic E-state index is 12.8. The zero-order valence-corrected chi connectivity index (χ0v) is 17.0. The van der Waals surface area contributed by atoms with Crippen LogP contribution in [0.2, 0.25) is 0 Å². The molecule has 0 unspecified atom stereocenters. The molecule has 1 aliphatic carbocycles. The van der Waals surface area contributed by atoms with Crippen molar-refractivity contribution in [3.63, 3.8) is 0 Å². The molecule has 0 saturated heterocycles. The monoisotopic (exact) mass is 403 g/mol. The maximum atomic E-state index is 12.8. The zero-order valence-electron chi connectivity index (χ0n) is 17.0. The second-order valence-electron chi connectivity index (χ2n) is 7.86. The van der Waals surface area contributed by atoms with E-state index in [0.29, 0.717) is 30.1 Å². The predicted octanol–water partition coefficient (Wildman–Crippen LogP) is 4.09. The number of carbonyl (C=O) groups is 2. The lowest BCUT2D eigenvalue weighted by Gasteiger charge is -2.36. The van der Waals surface area contributed by atoms with Gasteiger partial charge in [0.25, 0.3) is 5.91 Å². The molecule has 0 bridgehead atoms. The minimum Gasteiger partial charge on any atom is -0.463 e. The van der Waals surface area contributed by atoms with Crippen molar-refractivity contribution < 1.29 is 14.0 Å². The van der Waals surface area contributed by atoms with E-state index in [4.69, 9.17) is 4.42 Å². The number of hydrogen-bond donors (Lipinski definition) is 2. The third kappa shape index (κ3) is 4.13. The number of nitrogens with one attached hydrogen (secondary N) is 2. The van der Waals surface area contributed by atoms with E-state index in [9.17, 15) is 9.59 Å². The van der Waals surface area contributed by atoms with E-state index < -0.39 is 0 Å². The van der Waals surface area contributed by atoms with Gasteiger partial charge in [0.05, 0.1) is 17.3 Å². The summed E-state index contributed by atoms with van der Waals surface area (Å²) in [6.07, 6.45) is 8.33. The number of aromatic nitrogens is 1. The number of para-hydroxylation sites is 1. The van der Waals surface area contributed by atoms with Gasteiger partial charge in [-0.15, -0.1) is 0 Å². The van der Waals surface area contributed by atoms with E-state index >= 15 is 0 Å². The van der Waals surface area contributed by atoms with Gasteiger partial charge in [0.2, 0.25) is 5.91 Å². The first-order chi connectivity index (χ1) is 14.6. The molecule has 2 amide bonds. The first-order valence-corrected chi connectivity index (χ1v) is 10.2. The van der Waals surface area contributed by atoms with E-state index in [1.165, 1.54) is 0 Å². The second kappa shape index (κ2) is 8.53. The van der Waals surface area contributed by atoms with Crippen LogP contribution in [0.5, 0.6) is 0 Å². The summed E-state index contributed by atoms with van der Waals surface area (Å²) >= 11 is 0. The van der Waals surface area contributed by atoms with E-state index in [1.54, 1.807) is 18.4 Å². The van der Waals surface area contributed by atoms with Gasteiger partial charge in [0, 0.05) is 23.9 Å². The van der Waals surface area contributed by atoms with Gasteiger partial charge < -0.3 is 15.1 Å². The Kier molecular flexibility index (Phi) is 5.65. The SMILES string of the molecule is CC1(C(=O)NC/C=C\CNC(=O)c2cc(-c3ccco3)nc3ccccc23)CCC1. The van der Waals surface area contributed by atoms with Crippen molar-refractivity contribution in [2.45, 2.75) is 26.2 Å². The number of pyridine rings is 1. The van der Waals surface area contributed by atoms with Gasteiger partial charge in [0.1, 0.15) is 5.69 Å². The van der Waals surface area contributed by atoms with Crippen molar-refractivity contribution >= 4 is 22.7 Å². The Hall–Kier alpha value is -3.41. The zero-order chi connectivity index (χ0) is 21.0. The molecule has 2 heterocycles. The number of rotatable bonds is 7. The van der Waals surface area contributed by atoms with Gasteiger partial charge in [-0.3, -0.25) is 9.59 Å². The summed E-state index contributed by atoms with van der Waals surface area (Å²) in [4.78, 5) is 29.5. The predicted molar refractivity (Wildman–Crippen MR) is 116 cm³/mol. The number of amides is 2. The molecule has 154 valence electrons. The van der Waals surface area contributed by atoms with Crippen LogP contribution in [0, 0.1) is 5.41 Å². The normalized spacial score (nSPS) is 15.1. The van der Waals surface area contributed by atoms with Crippen molar-refractivity contribution in [2.75, 3.05) is 13.1 Å². The molecule has 3 aromatic rings. The third-order valence-electron chi connectivity index (χ3n) is 5.67. The van der Waals surface area contributed by atoms with Gasteiger partial charge in [-0.25, -0.2) is 4.98 Å². The average molecular weight is 403 g/mol. The lowest BCUT2D eigenvalue weighted by Crippen LogP contribution is -2.43. The van der Waals surface area contributed by atoms with Crippen molar-refractivity contribution in [1.29, 1.82) is 0 Å². The first kappa shape index (κ1) is 19.9. The van der Waals surface area contributed by atoms with Crippen LogP contribution in [0.4, 0.5) is 0 Å². The number of hydrogen-bond acceptors (Lipinski definition) is 4. The molecule has 30 heavy (non-hydrogen) atoms. The Morgan fingerprint density at radius 3 is 2.57 bits per heavy atom. The molecule has 0 radical (unpaired) electrons. The molecule has 0 aliphatic heterocycles. The summed E-state index contributed by atoms with van der Waals surface area (Å²) in [5.41, 5.74) is 1.70. The Bertz CT molecular complexity index is 1080. The van der Waals surface area contributed by atoms with Gasteiger partial charge >= 0.3 is 0 Å². The minimum atomic E-state index is -0.198. The van der Waals surface area contributed by atoms with Gasteiger partial charge in [-0.2, -0.15) is 0 Å². The Balaban J connectivity index is 1.39. The topological polar surface area (TPSA) is 84.2 Å². The highest BCUT2D eigenvalue weighted by Crippen LogP contribution is 2.40. The molecular formula is C24H25N3O3. The van der Waals surface area contributed by atoms with Crippen LogP contribution in [-0.2, 0) is 4.79 Å². The summed E-state index contributed by atoms with van der Waals surface area (Å²) in [6.45, 7) is 2.84. The maximum Gasteiger partial charge on any atom is 0.252 e. The lowest BCUT2D eigenvalue weighted by atomic mass is 9.70. The first-order valence-electron chi connectivity index (χ1n) is 10.2. The smallest absolute Gasteiger partial charge is 0.252 e. The van der Waals surface area contributed by atoms with E-state index in [-0.39, 0.29) is 17.2 Å². The van der Waals surface area contributed by atoms with Crippen LogP contribution in [0.1, 0.15) is 36.5 Å². The molecule has 1 aromatic carbocycles. The quantitative estimate of drug-likeness (QED) is 0.582. The summed E-state index contributed by atoms with van der Waals surface area (Å²) in [7, 11) is 0. The van der Waals surface area contributed by atoms with Crippen LogP contribution in [0.25, 0.3) is 22.4 Å². The molecule has 1 saturated carbocycles. The van der Waals surface area contributed by atoms with E-state index in [0.717, 1.165) is 30.2 Å². The fourth-order valence-corrected chi connectivity index (χ4v) is 3.63.